The zero-order chi connectivity index (χ0) is 17.1. The molecule has 1 aromatic carbocycles. The summed E-state index contributed by atoms with van der Waals surface area (Å²) in [6.07, 6.45) is 5.19. The molecule has 24 heavy (non-hydrogen) atoms. The molecule has 1 amide bonds. The molecule has 0 aliphatic carbocycles. The van der Waals surface area contributed by atoms with E-state index in [4.69, 9.17) is 0 Å². The minimum Gasteiger partial charge on any atom is -0.341 e. The molecule has 128 valence electrons. The van der Waals surface area contributed by atoms with Crippen molar-refractivity contribution in [3.8, 4) is 0 Å². The van der Waals surface area contributed by atoms with Gasteiger partial charge >= 0.3 is 0 Å². The number of benzene rings is 1. The normalized spacial score (nSPS) is 19.0. The van der Waals surface area contributed by atoms with Gasteiger partial charge in [-0.1, -0.05) is 38.1 Å². The Hall–Kier alpha value is -2.17. The van der Waals surface area contributed by atoms with Crippen LogP contribution in [0.5, 0.6) is 0 Å². The van der Waals surface area contributed by atoms with E-state index in [9.17, 15) is 4.79 Å². The molecule has 0 N–H and O–H groups in total. The van der Waals surface area contributed by atoms with Crippen LogP contribution in [0.2, 0.25) is 0 Å². The van der Waals surface area contributed by atoms with Gasteiger partial charge in [0.05, 0.1) is 0 Å². The first-order valence-corrected chi connectivity index (χ1v) is 8.76. The summed E-state index contributed by atoms with van der Waals surface area (Å²) in [5, 5.41) is 4.08. The van der Waals surface area contributed by atoms with Crippen molar-refractivity contribution in [2.24, 2.45) is 5.92 Å². The van der Waals surface area contributed by atoms with E-state index in [1.165, 1.54) is 17.5 Å². The molecule has 1 aromatic heterocycles. The van der Waals surface area contributed by atoms with Crippen LogP contribution < -0.4 is 0 Å². The number of aromatic nitrogens is 3. The van der Waals surface area contributed by atoms with Crippen molar-refractivity contribution in [2.45, 2.75) is 45.6 Å². The molecule has 0 bridgehead atoms. The molecule has 5 heteroatoms. The Balaban J connectivity index is 1.56. The quantitative estimate of drug-likeness (QED) is 0.848. The van der Waals surface area contributed by atoms with Gasteiger partial charge in [0.1, 0.15) is 18.7 Å². The third-order valence-corrected chi connectivity index (χ3v) is 4.96. The van der Waals surface area contributed by atoms with E-state index in [1.807, 2.05) is 11.8 Å². The van der Waals surface area contributed by atoms with E-state index in [0.717, 1.165) is 25.9 Å². The maximum atomic E-state index is 12.6. The minimum absolute atomic E-state index is 0.137. The Morgan fingerprint density at radius 3 is 2.62 bits per heavy atom. The fraction of sp³-hybridized carbons (Fsp3) is 0.526. The van der Waals surface area contributed by atoms with E-state index >= 15 is 0 Å². The van der Waals surface area contributed by atoms with Crippen LogP contribution in [0.4, 0.5) is 0 Å². The van der Waals surface area contributed by atoms with Crippen molar-refractivity contribution < 1.29 is 4.79 Å². The molecule has 2 aromatic rings. The van der Waals surface area contributed by atoms with Crippen molar-refractivity contribution in [1.29, 1.82) is 0 Å². The number of nitrogens with zero attached hydrogens (tertiary/aromatic N) is 4. The Morgan fingerprint density at radius 2 is 2.00 bits per heavy atom. The summed E-state index contributed by atoms with van der Waals surface area (Å²) in [6, 6.07) is 8.64. The van der Waals surface area contributed by atoms with Gasteiger partial charge in [0.2, 0.25) is 5.91 Å². The van der Waals surface area contributed by atoms with Crippen LogP contribution in [0, 0.1) is 5.92 Å². The maximum absolute atomic E-state index is 12.6. The molecule has 1 saturated heterocycles. The lowest BCUT2D eigenvalue weighted by Crippen LogP contribution is -2.35. The summed E-state index contributed by atoms with van der Waals surface area (Å²) in [7, 11) is 0. The first kappa shape index (κ1) is 16.7. The molecule has 5 nitrogen and oxygen atoms in total. The predicted octanol–water partition coefficient (Wildman–Crippen LogP) is 3.05. The third-order valence-electron chi connectivity index (χ3n) is 4.96. The summed E-state index contributed by atoms with van der Waals surface area (Å²) in [5.74, 6) is 1.25. The standard InChI is InChI=1S/C19H26N4O/c1-14(2)18-6-4-16(5-7-18)10-17-8-9-22(11-17)19(24)15(3)23-13-20-12-21-23/h4-7,12-15,17H,8-11H2,1-3H3. The lowest BCUT2D eigenvalue weighted by Gasteiger charge is -2.21. The molecule has 0 saturated carbocycles. The molecule has 1 aliphatic heterocycles. The Bertz CT molecular complexity index is 663. The van der Waals surface area contributed by atoms with E-state index in [1.54, 1.807) is 11.0 Å². The number of amides is 1. The van der Waals surface area contributed by atoms with Crippen molar-refractivity contribution in [3.63, 3.8) is 0 Å². The van der Waals surface area contributed by atoms with Crippen LogP contribution >= 0.6 is 0 Å². The zero-order valence-corrected chi connectivity index (χ0v) is 14.7. The van der Waals surface area contributed by atoms with Gasteiger partial charge in [-0.25, -0.2) is 9.67 Å². The molecular formula is C19H26N4O. The van der Waals surface area contributed by atoms with Gasteiger partial charge in [0.15, 0.2) is 0 Å². The average Bonchev–Trinajstić information content (AvgIpc) is 3.26. The van der Waals surface area contributed by atoms with Crippen molar-refractivity contribution in [2.75, 3.05) is 13.1 Å². The smallest absolute Gasteiger partial charge is 0.247 e. The van der Waals surface area contributed by atoms with Crippen LogP contribution in [0.1, 0.15) is 50.3 Å². The summed E-state index contributed by atoms with van der Waals surface area (Å²) >= 11 is 0. The van der Waals surface area contributed by atoms with E-state index in [0.29, 0.717) is 11.8 Å². The van der Waals surface area contributed by atoms with E-state index < -0.39 is 0 Å². The number of hydrogen-bond donors (Lipinski definition) is 0. The van der Waals surface area contributed by atoms with Crippen LogP contribution in [-0.2, 0) is 11.2 Å². The summed E-state index contributed by atoms with van der Waals surface area (Å²) in [5.41, 5.74) is 2.74. The van der Waals surface area contributed by atoms with E-state index in [-0.39, 0.29) is 11.9 Å². The highest BCUT2D eigenvalue weighted by molar-refractivity contribution is 5.80. The van der Waals surface area contributed by atoms with Gasteiger partial charge in [0, 0.05) is 13.1 Å². The van der Waals surface area contributed by atoms with Crippen molar-refractivity contribution in [1.82, 2.24) is 19.7 Å². The molecule has 1 fully saturated rings. The highest BCUT2D eigenvalue weighted by atomic mass is 16.2. The summed E-state index contributed by atoms with van der Waals surface area (Å²) in [4.78, 5) is 18.5. The van der Waals surface area contributed by atoms with Crippen LogP contribution in [-0.4, -0.2) is 38.7 Å². The van der Waals surface area contributed by atoms with Crippen LogP contribution in [0.25, 0.3) is 0 Å². The van der Waals surface area contributed by atoms with Crippen molar-refractivity contribution >= 4 is 5.91 Å². The molecule has 2 atom stereocenters. The van der Waals surface area contributed by atoms with Gasteiger partial charge in [-0.3, -0.25) is 4.79 Å². The van der Waals surface area contributed by atoms with Gasteiger partial charge in [-0.2, -0.15) is 5.10 Å². The minimum atomic E-state index is -0.281. The Kier molecular flexibility index (Phi) is 4.97. The number of carbonyl (C=O) groups is 1. The number of rotatable bonds is 5. The highest BCUT2D eigenvalue weighted by Gasteiger charge is 2.30. The number of likely N-dealkylation sites (tertiary alicyclic amines) is 1. The first-order chi connectivity index (χ1) is 11.5. The molecular weight excluding hydrogens is 300 g/mol. The van der Waals surface area contributed by atoms with E-state index in [2.05, 4.69) is 48.2 Å². The van der Waals surface area contributed by atoms with Crippen LogP contribution in [0.3, 0.4) is 0 Å². The van der Waals surface area contributed by atoms with Gasteiger partial charge < -0.3 is 4.90 Å². The van der Waals surface area contributed by atoms with Gasteiger partial charge in [0.25, 0.3) is 0 Å². The second kappa shape index (κ2) is 7.16. The monoisotopic (exact) mass is 326 g/mol. The molecule has 3 rings (SSSR count). The first-order valence-electron chi connectivity index (χ1n) is 8.76. The summed E-state index contributed by atoms with van der Waals surface area (Å²) in [6.45, 7) is 7.99. The fourth-order valence-corrected chi connectivity index (χ4v) is 3.37. The summed E-state index contributed by atoms with van der Waals surface area (Å²) < 4.78 is 1.63. The molecule has 0 spiro atoms. The van der Waals surface area contributed by atoms with Crippen LogP contribution in [0.15, 0.2) is 36.9 Å². The van der Waals surface area contributed by atoms with Gasteiger partial charge in [-0.15, -0.1) is 0 Å². The SMILES string of the molecule is CC(C)c1ccc(CC2CCN(C(=O)C(C)n3cncn3)C2)cc1. The lowest BCUT2D eigenvalue weighted by atomic mass is 9.96. The molecule has 0 radical (unpaired) electrons. The average molecular weight is 326 g/mol. The molecule has 1 aliphatic rings. The maximum Gasteiger partial charge on any atom is 0.247 e. The zero-order valence-electron chi connectivity index (χ0n) is 14.7. The second-order valence-electron chi connectivity index (χ2n) is 7.09. The lowest BCUT2D eigenvalue weighted by molar-refractivity contribution is -0.133. The number of carbonyl (C=O) groups excluding carboxylic acids is 1. The third kappa shape index (κ3) is 3.66. The largest absolute Gasteiger partial charge is 0.341 e. The second-order valence-corrected chi connectivity index (χ2v) is 7.09. The molecule has 2 unspecified atom stereocenters. The molecule has 2 heterocycles. The van der Waals surface area contributed by atoms with Crippen molar-refractivity contribution in [3.05, 3.63) is 48.0 Å². The number of hydrogen-bond acceptors (Lipinski definition) is 3. The predicted molar refractivity (Wildman–Crippen MR) is 93.7 cm³/mol. The Morgan fingerprint density at radius 1 is 1.25 bits per heavy atom. The topological polar surface area (TPSA) is 51.0 Å². The Labute approximate surface area is 143 Å². The van der Waals surface area contributed by atoms with Gasteiger partial charge in [-0.05, 0) is 42.7 Å². The highest BCUT2D eigenvalue weighted by Crippen LogP contribution is 2.24. The fourth-order valence-electron chi connectivity index (χ4n) is 3.37.